The van der Waals surface area contributed by atoms with Gasteiger partial charge in [0.25, 0.3) is 0 Å². The molecule has 0 bridgehead atoms. The third kappa shape index (κ3) is 3.08. The van der Waals surface area contributed by atoms with E-state index in [0.29, 0.717) is 0 Å². The molecule has 2 nitrogen and oxygen atoms in total. The summed E-state index contributed by atoms with van der Waals surface area (Å²) in [5.74, 6) is 1.99. The molecule has 0 radical (unpaired) electrons. The lowest BCUT2D eigenvalue weighted by Gasteiger charge is -2.32. The van der Waals surface area contributed by atoms with Gasteiger partial charge in [0.05, 0.1) is 0 Å². The maximum atomic E-state index is 2.80. The first-order valence-corrected chi connectivity index (χ1v) is 8.27. The van der Waals surface area contributed by atoms with Crippen LogP contribution in [0, 0.1) is 11.8 Å². The Balaban J connectivity index is 1.52. The summed E-state index contributed by atoms with van der Waals surface area (Å²) in [7, 11) is 0. The van der Waals surface area contributed by atoms with Gasteiger partial charge in [-0.15, -0.1) is 0 Å². The summed E-state index contributed by atoms with van der Waals surface area (Å²) in [5.41, 5.74) is 0. The number of hydrogen-bond donors (Lipinski definition) is 0. The molecule has 0 aromatic carbocycles. The fourth-order valence-corrected chi connectivity index (χ4v) is 4.54. The first kappa shape index (κ1) is 12.9. The average molecular weight is 250 g/mol. The van der Waals surface area contributed by atoms with E-state index < -0.39 is 0 Å². The van der Waals surface area contributed by atoms with Crippen LogP contribution in [0.3, 0.4) is 0 Å². The minimum Gasteiger partial charge on any atom is -0.301 e. The minimum absolute atomic E-state index is 0.897. The Morgan fingerprint density at radius 1 is 0.944 bits per heavy atom. The van der Waals surface area contributed by atoms with Gasteiger partial charge in [-0.3, -0.25) is 4.90 Å². The van der Waals surface area contributed by atoms with Crippen LogP contribution in [-0.4, -0.2) is 48.6 Å². The molecule has 0 aromatic rings. The molecule has 0 spiro atoms. The van der Waals surface area contributed by atoms with Crippen molar-refractivity contribution in [2.75, 3.05) is 32.7 Å². The van der Waals surface area contributed by atoms with Gasteiger partial charge in [-0.25, -0.2) is 0 Å². The molecular formula is C16H30N2. The highest BCUT2D eigenvalue weighted by Gasteiger charge is 2.30. The summed E-state index contributed by atoms with van der Waals surface area (Å²) in [6.07, 6.45) is 10.2. The van der Waals surface area contributed by atoms with Crippen LogP contribution < -0.4 is 0 Å². The Kier molecular flexibility index (Phi) is 4.25. The summed E-state index contributed by atoms with van der Waals surface area (Å²) >= 11 is 0. The van der Waals surface area contributed by atoms with Crippen molar-refractivity contribution in [1.29, 1.82) is 0 Å². The molecule has 0 N–H and O–H groups in total. The first-order chi connectivity index (χ1) is 8.81. The second-order valence-corrected chi connectivity index (χ2v) is 7.08. The Labute approximate surface area is 113 Å². The van der Waals surface area contributed by atoms with Gasteiger partial charge in [0.2, 0.25) is 0 Å². The van der Waals surface area contributed by atoms with E-state index in [1.807, 2.05) is 0 Å². The lowest BCUT2D eigenvalue weighted by atomic mass is 9.82. The summed E-state index contributed by atoms with van der Waals surface area (Å²) in [5, 5.41) is 0. The van der Waals surface area contributed by atoms with E-state index >= 15 is 0 Å². The maximum Gasteiger partial charge on any atom is 0.0223 e. The van der Waals surface area contributed by atoms with Crippen molar-refractivity contribution in [3.63, 3.8) is 0 Å². The molecule has 2 saturated heterocycles. The highest BCUT2D eigenvalue weighted by molar-refractivity contribution is 4.86. The molecule has 2 heterocycles. The molecule has 3 rings (SSSR count). The molecule has 1 aliphatic carbocycles. The second kappa shape index (κ2) is 5.92. The van der Waals surface area contributed by atoms with Crippen LogP contribution in [0.2, 0.25) is 0 Å². The van der Waals surface area contributed by atoms with Crippen LogP contribution in [0.1, 0.15) is 51.9 Å². The lowest BCUT2D eigenvalue weighted by Crippen LogP contribution is -2.39. The van der Waals surface area contributed by atoms with Crippen LogP contribution in [-0.2, 0) is 0 Å². The molecule has 104 valence electrons. The van der Waals surface area contributed by atoms with Crippen LogP contribution >= 0.6 is 0 Å². The van der Waals surface area contributed by atoms with E-state index in [2.05, 4.69) is 16.7 Å². The summed E-state index contributed by atoms with van der Waals surface area (Å²) in [6, 6.07) is 0.897. The van der Waals surface area contributed by atoms with Crippen molar-refractivity contribution in [2.45, 2.75) is 57.9 Å². The normalized spacial score (nSPS) is 39.5. The van der Waals surface area contributed by atoms with Gasteiger partial charge in [-0.1, -0.05) is 19.8 Å². The monoisotopic (exact) mass is 250 g/mol. The third-order valence-electron chi connectivity index (χ3n) is 5.45. The van der Waals surface area contributed by atoms with Crippen LogP contribution in [0.4, 0.5) is 0 Å². The summed E-state index contributed by atoms with van der Waals surface area (Å²) < 4.78 is 0. The fraction of sp³-hybridized carbons (Fsp3) is 1.00. The third-order valence-corrected chi connectivity index (χ3v) is 5.45. The predicted molar refractivity (Wildman–Crippen MR) is 76.8 cm³/mol. The number of nitrogens with zero attached hydrogens (tertiary/aromatic N) is 2. The zero-order chi connectivity index (χ0) is 12.4. The Hall–Kier alpha value is -0.0800. The topological polar surface area (TPSA) is 6.48 Å². The largest absolute Gasteiger partial charge is 0.301 e. The van der Waals surface area contributed by atoms with Gasteiger partial charge < -0.3 is 4.90 Å². The van der Waals surface area contributed by atoms with Crippen LogP contribution in [0.15, 0.2) is 0 Å². The van der Waals surface area contributed by atoms with Gasteiger partial charge in [0.15, 0.2) is 0 Å². The van der Waals surface area contributed by atoms with Crippen molar-refractivity contribution in [1.82, 2.24) is 9.80 Å². The Bertz CT molecular complexity index is 266. The molecule has 18 heavy (non-hydrogen) atoms. The molecule has 1 saturated carbocycles. The maximum absolute atomic E-state index is 2.80. The van der Waals surface area contributed by atoms with Crippen LogP contribution in [0.5, 0.6) is 0 Å². The van der Waals surface area contributed by atoms with Crippen molar-refractivity contribution in [2.24, 2.45) is 11.8 Å². The van der Waals surface area contributed by atoms with E-state index in [1.165, 1.54) is 77.7 Å². The zero-order valence-corrected chi connectivity index (χ0v) is 12.1. The van der Waals surface area contributed by atoms with Crippen molar-refractivity contribution >= 4 is 0 Å². The number of fused-ring (bicyclic) bond motifs is 1. The van der Waals surface area contributed by atoms with E-state index in [-0.39, 0.29) is 0 Å². The lowest BCUT2D eigenvalue weighted by molar-refractivity contribution is 0.165. The summed E-state index contributed by atoms with van der Waals surface area (Å²) in [4.78, 5) is 5.56. The van der Waals surface area contributed by atoms with E-state index in [0.717, 1.165) is 17.9 Å². The predicted octanol–water partition coefficient (Wildman–Crippen LogP) is 2.98. The zero-order valence-electron chi connectivity index (χ0n) is 12.1. The number of rotatable bonds is 2. The van der Waals surface area contributed by atoms with E-state index in [1.54, 1.807) is 0 Å². The van der Waals surface area contributed by atoms with Crippen molar-refractivity contribution in [3.8, 4) is 0 Å². The minimum atomic E-state index is 0.897. The smallest absolute Gasteiger partial charge is 0.0223 e. The average Bonchev–Trinajstić information content (AvgIpc) is 2.69. The van der Waals surface area contributed by atoms with Gasteiger partial charge in [-0.05, 0) is 63.6 Å². The molecule has 3 fully saturated rings. The molecule has 2 heteroatoms. The molecule has 3 atom stereocenters. The van der Waals surface area contributed by atoms with Crippen molar-refractivity contribution in [3.05, 3.63) is 0 Å². The quantitative estimate of drug-likeness (QED) is 0.743. The molecule has 3 aliphatic rings. The molecule has 2 aliphatic heterocycles. The molecule has 3 unspecified atom stereocenters. The Morgan fingerprint density at radius 3 is 2.72 bits per heavy atom. The molecular weight excluding hydrogens is 220 g/mol. The van der Waals surface area contributed by atoms with Gasteiger partial charge in [-0.2, -0.15) is 0 Å². The van der Waals surface area contributed by atoms with Crippen LogP contribution in [0.25, 0.3) is 0 Å². The van der Waals surface area contributed by atoms with Gasteiger partial charge in [0, 0.05) is 19.1 Å². The van der Waals surface area contributed by atoms with E-state index in [9.17, 15) is 0 Å². The first-order valence-electron chi connectivity index (χ1n) is 8.27. The Morgan fingerprint density at radius 2 is 1.83 bits per heavy atom. The fourth-order valence-electron chi connectivity index (χ4n) is 4.54. The highest BCUT2D eigenvalue weighted by Crippen LogP contribution is 2.30. The standard InChI is InChI=1S/C16H30N2/c1-14-5-2-6-15(11-14)12-17-8-4-10-18-9-3-7-16(18)13-17/h14-16H,2-13H2,1H3. The molecule has 0 aromatic heterocycles. The number of hydrogen-bond acceptors (Lipinski definition) is 2. The summed E-state index contributed by atoms with van der Waals surface area (Å²) in [6.45, 7) is 9.31. The van der Waals surface area contributed by atoms with Gasteiger partial charge >= 0.3 is 0 Å². The highest BCUT2D eigenvalue weighted by atomic mass is 15.3. The van der Waals surface area contributed by atoms with E-state index in [4.69, 9.17) is 0 Å². The molecule has 0 amide bonds. The van der Waals surface area contributed by atoms with Gasteiger partial charge in [0.1, 0.15) is 0 Å². The second-order valence-electron chi connectivity index (χ2n) is 7.08. The SMILES string of the molecule is CC1CCCC(CN2CCCN3CCCC3C2)C1. The van der Waals surface area contributed by atoms with Crippen molar-refractivity contribution < 1.29 is 0 Å².